The normalized spacial score (nSPS) is 11.2. The molecule has 1 aromatic carbocycles. The van der Waals surface area contributed by atoms with Crippen molar-refractivity contribution in [2.24, 2.45) is 0 Å². The van der Waals surface area contributed by atoms with Crippen LogP contribution in [0, 0.1) is 5.82 Å². The summed E-state index contributed by atoms with van der Waals surface area (Å²) in [6, 6.07) is 9.75. The van der Waals surface area contributed by atoms with Crippen molar-refractivity contribution in [2.75, 3.05) is 0 Å². The molecule has 0 aliphatic rings. The summed E-state index contributed by atoms with van der Waals surface area (Å²) < 4.78 is 14.5. The summed E-state index contributed by atoms with van der Waals surface area (Å²) in [5.41, 5.74) is 0.535. The van der Waals surface area contributed by atoms with Gasteiger partial charge in [-0.25, -0.2) is 9.18 Å². The van der Waals surface area contributed by atoms with Crippen LogP contribution in [0.2, 0.25) is 0 Å². The molecule has 1 N–H and O–H groups in total. The van der Waals surface area contributed by atoms with Gasteiger partial charge in [0, 0.05) is 15.8 Å². The summed E-state index contributed by atoms with van der Waals surface area (Å²) in [5.74, 6) is -0.395. The Morgan fingerprint density at radius 3 is 2.75 bits per heavy atom. The van der Waals surface area contributed by atoms with Gasteiger partial charge in [0.05, 0.1) is 11.9 Å². The van der Waals surface area contributed by atoms with Gasteiger partial charge in [-0.2, -0.15) is 0 Å². The number of rotatable bonds is 3. The molecule has 0 radical (unpaired) electrons. The first-order chi connectivity index (χ1) is 11.6. The molecule has 4 aromatic rings. The van der Waals surface area contributed by atoms with Crippen LogP contribution < -0.4 is 11.2 Å². The van der Waals surface area contributed by atoms with E-state index in [-0.39, 0.29) is 12.1 Å². The summed E-state index contributed by atoms with van der Waals surface area (Å²) in [4.78, 5) is 29.4. The van der Waals surface area contributed by atoms with Crippen LogP contribution in [0.25, 0.3) is 20.7 Å². The van der Waals surface area contributed by atoms with Crippen LogP contribution >= 0.6 is 22.7 Å². The van der Waals surface area contributed by atoms with E-state index in [0.29, 0.717) is 15.8 Å². The Bertz CT molecular complexity index is 1140. The molecule has 0 bridgehead atoms. The predicted molar refractivity (Wildman–Crippen MR) is 95.5 cm³/mol. The number of thiophene rings is 2. The molecule has 7 heteroatoms. The molecule has 3 aromatic heterocycles. The van der Waals surface area contributed by atoms with Gasteiger partial charge >= 0.3 is 5.69 Å². The van der Waals surface area contributed by atoms with E-state index in [0.717, 1.165) is 15.0 Å². The predicted octanol–water partition coefficient (Wildman–Crippen LogP) is 3.67. The fourth-order valence-corrected chi connectivity index (χ4v) is 4.39. The molecular weight excluding hydrogens is 347 g/mol. The van der Waals surface area contributed by atoms with E-state index in [4.69, 9.17) is 0 Å². The second-order valence-electron chi connectivity index (χ2n) is 5.28. The maximum Gasteiger partial charge on any atom is 0.329 e. The van der Waals surface area contributed by atoms with Gasteiger partial charge in [0.25, 0.3) is 5.56 Å². The molecule has 0 unspecified atom stereocenters. The van der Waals surface area contributed by atoms with Crippen molar-refractivity contribution >= 4 is 32.9 Å². The molecule has 4 rings (SSSR count). The number of aromatic nitrogens is 2. The number of fused-ring (bicyclic) bond motifs is 1. The van der Waals surface area contributed by atoms with Crippen LogP contribution in [0.5, 0.6) is 0 Å². The molecule has 0 spiro atoms. The van der Waals surface area contributed by atoms with Crippen LogP contribution in [0.1, 0.15) is 5.56 Å². The molecule has 0 atom stereocenters. The summed E-state index contributed by atoms with van der Waals surface area (Å²) >= 11 is 2.87. The number of nitrogens with zero attached hydrogens (tertiary/aromatic N) is 1. The molecule has 0 aliphatic carbocycles. The summed E-state index contributed by atoms with van der Waals surface area (Å²) in [5, 5.41) is 4.31. The molecule has 0 saturated heterocycles. The highest BCUT2D eigenvalue weighted by molar-refractivity contribution is 7.18. The van der Waals surface area contributed by atoms with Gasteiger partial charge in [-0.05, 0) is 29.1 Å². The number of nitrogens with one attached hydrogen (secondary N) is 1. The lowest BCUT2D eigenvalue weighted by atomic mass is 10.2. The molecule has 4 nitrogen and oxygen atoms in total. The van der Waals surface area contributed by atoms with Crippen molar-refractivity contribution in [1.82, 2.24) is 9.55 Å². The first-order valence-corrected chi connectivity index (χ1v) is 8.92. The minimum atomic E-state index is -0.489. The van der Waals surface area contributed by atoms with Gasteiger partial charge in [-0.3, -0.25) is 14.3 Å². The smallest absolute Gasteiger partial charge is 0.298 e. The van der Waals surface area contributed by atoms with Crippen molar-refractivity contribution in [3.8, 4) is 10.4 Å². The van der Waals surface area contributed by atoms with Gasteiger partial charge in [0.2, 0.25) is 0 Å². The van der Waals surface area contributed by atoms with E-state index < -0.39 is 11.5 Å². The lowest BCUT2D eigenvalue weighted by Crippen LogP contribution is -2.35. The van der Waals surface area contributed by atoms with Gasteiger partial charge in [-0.15, -0.1) is 22.7 Å². The Hall–Kier alpha value is -2.51. The number of H-pyrrole nitrogens is 1. The third kappa shape index (κ3) is 2.51. The van der Waals surface area contributed by atoms with Gasteiger partial charge < -0.3 is 0 Å². The number of benzene rings is 1. The largest absolute Gasteiger partial charge is 0.329 e. The summed E-state index contributed by atoms with van der Waals surface area (Å²) in [6.45, 7) is 0.0294. The quantitative estimate of drug-likeness (QED) is 0.608. The Labute approximate surface area is 143 Å². The zero-order chi connectivity index (χ0) is 16.7. The van der Waals surface area contributed by atoms with Crippen molar-refractivity contribution in [1.29, 1.82) is 0 Å². The third-order valence-corrected chi connectivity index (χ3v) is 5.53. The maximum absolute atomic E-state index is 13.4. The molecule has 3 heterocycles. The van der Waals surface area contributed by atoms with Gasteiger partial charge in [0.1, 0.15) is 10.6 Å². The van der Waals surface area contributed by atoms with E-state index in [2.05, 4.69) is 4.98 Å². The second-order valence-corrected chi connectivity index (χ2v) is 7.11. The number of aromatic amines is 1. The fourth-order valence-electron chi connectivity index (χ4n) is 2.63. The number of hydrogen-bond acceptors (Lipinski definition) is 4. The summed E-state index contributed by atoms with van der Waals surface area (Å²) in [6.07, 6.45) is 0. The molecule has 0 saturated carbocycles. The zero-order valence-corrected chi connectivity index (χ0v) is 13.9. The van der Waals surface area contributed by atoms with Crippen LogP contribution in [0.15, 0.2) is 56.7 Å². The van der Waals surface area contributed by atoms with Crippen LogP contribution in [-0.2, 0) is 6.54 Å². The Kier molecular flexibility index (Phi) is 3.66. The molecular formula is C17H11FN2O2S2. The molecule has 0 amide bonds. The molecule has 0 aliphatic heterocycles. The monoisotopic (exact) mass is 358 g/mol. The average molecular weight is 358 g/mol. The van der Waals surface area contributed by atoms with Crippen LogP contribution in [0.4, 0.5) is 4.39 Å². The highest BCUT2D eigenvalue weighted by atomic mass is 32.1. The van der Waals surface area contributed by atoms with Crippen LogP contribution in [-0.4, -0.2) is 9.55 Å². The summed E-state index contributed by atoms with van der Waals surface area (Å²) in [7, 11) is 0. The maximum atomic E-state index is 13.4. The van der Waals surface area contributed by atoms with Crippen molar-refractivity contribution < 1.29 is 4.39 Å². The molecule has 120 valence electrons. The zero-order valence-electron chi connectivity index (χ0n) is 12.3. The topological polar surface area (TPSA) is 54.9 Å². The second kappa shape index (κ2) is 5.85. The van der Waals surface area contributed by atoms with Crippen molar-refractivity contribution in [3.63, 3.8) is 0 Å². The van der Waals surface area contributed by atoms with E-state index in [9.17, 15) is 14.0 Å². The SMILES string of the molecule is O=c1[nH]c2scc(-c3cccs3)c2c(=O)n1Cc1cccc(F)c1. The van der Waals surface area contributed by atoms with E-state index in [1.54, 1.807) is 12.1 Å². The van der Waals surface area contributed by atoms with Crippen molar-refractivity contribution in [3.05, 3.63) is 79.4 Å². The first-order valence-electron chi connectivity index (χ1n) is 7.16. The minimum absolute atomic E-state index is 0.0294. The van der Waals surface area contributed by atoms with Crippen LogP contribution in [0.3, 0.4) is 0 Å². The number of halogens is 1. The van der Waals surface area contributed by atoms with E-state index in [1.807, 2.05) is 22.9 Å². The van der Waals surface area contributed by atoms with Crippen molar-refractivity contribution in [2.45, 2.75) is 6.54 Å². The van der Waals surface area contributed by atoms with E-state index >= 15 is 0 Å². The third-order valence-electron chi connectivity index (χ3n) is 3.73. The Morgan fingerprint density at radius 1 is 1.12 bits per heavy atom. The average Bonchev–Trinajstić information content (AvgIpc) is 3.20. The Balaban J connectivity index is 1.92. The van der Waals surface area contributed by atoms with E-state index in [1.165, 1.54) is 34.8 Å². The highest BCUT2D eigenvalue weighted by Crippen LogP contribution is 2.33. The Morgan fingerprint density at radius 2 is 2.00 bits per heavy atom. The standard InChI is InChI=1S/C17H11FN2O2S2/c18-11-4-1-3-10(7-11)8-20-16(21)14-12(13-5-2-6-23-13)9-24-15(14)19-17(20)22/h1-7,9H,8H2,(H,19,22). The fraction of sp³-hybridized carbons (Fsp3) is 0.0588. The van der Waals surface area contributed by atoms with Gasteiger partial charge in [0.15, 0.2) is 0 Å². The molecule has 24 heavy (non-hydrogen) atoms. The van der Waals surface area contributed by atoms with Gasteiger partial charge in [-0.1, -0.05) is 18.2 Å². The molecule has 0 fully saturated rings. The minimum Gasteiger partial charge on any atom is -0.298 e. The highest BCUT2D eigenvalue weighted by Gasteiger charge is 2.15. The first kappa shape index (κ1) is 15.0. The lowest BCUT2D eigenvalue weighted by molar-refractivity contribution is 0.621. The lowest BCUT2D eigenvalue weighted by Gasteiger charge is -2.06. The number of hydrogen-bond donors (Lipinski definition) is 1.